The van der Waals surface area contributed by atoms with Crippen LogP contribution in [-0.4, -0.2) is 20.0 Å². The minimum absolute atomic E-state index is 0.255. The summed E-state index contributed by atoms with van der Waals surface area (Å²) in [5, 5.41) is 3.36. The molecular formula is C18H23NO3. The number of rotatable bonds is 4. The van der Waals surface area contributed by atoms with Gasteiger partial charge in [0, 0.05) is 23.8 Å². The van der Waals surface area contributed by atoms with Gasteiger partial charge < -0.3 is 14.8 Å². The number of benzene rings is 1. The van der Waals surface area contributed by atoms with Crippen LogP contribution in [0.15, 0.2) is 29.5 Å². The molecule has 4 nitrogen and oxygen atoms in total. The molecule has 0 unspecified atom stereocenters. The molecule has 0 heterocycles. The monoisotopic (exact) mass is 301 g/mol. The second kappa shape index (κ2) is 5.04. The number of fused-ring (bicyclic) bond motifs is 1. The molecule has 1 aromatic rings. The molecule has 4 heteroatoms. The molecule has 2 saturated carbocycles. The molecule has 2 aliphatic carbocycles. The fraction of sp³-hybridized carbons (Fsp3) is 0.500. The van der Waals surface area contributed by atoms with Crippen LogP contribution < -0.4 is 14.8 Å². The van der Waals surface area contributed by atoms with Gasteiger partial charge in [-0.05, 0) is 36.3 Å². The van der Waals surface area contributed by atoms with Crippen molar-refractivity contribution in [2.75, 3.05) is 19.5 Å². The Morgan fingerprint density at radius 2 is 2.00 bits per heavy atom. The Morgan fingerprint density at radius 1 is 1.27 bits per heavy atom. The summed E-state index contributed by atoms with van der Waals surface area (Å²) >= 11 is 0. The van der Waals surface area contributed by atoms with Gasteiger partial charge in [-0.15, -0.1) is 0 Å². The van der Waals surface area contributed by atoms with Crippen LogP contribution in [0.3, 0.4) is 0 Å². The Labute approximate surface area is 131 Å². The molecule has 22 heavy (non-hydrogen) atoms. The van der Waals surface area contributed by atoms with Gasteiger partial charge in [-0.3, -0.25) is 4.79 Å². The number of methoxy groups -OCH3 is 2. The quantitative estimate of drug-likeness (QED) is 0.863. The SMILES string of the molecule is COc1ccc(OC)c(NC(C)=C2C(=O)C[C@@H]3[C@H]2C3(C)C)c1. The standard InChI is InChI=1S/C18H23NO3/c1-10(16-14(20)9-12-17(16)18(12,2)3)19-13-8-11(21-4)6-7-15(13)22-5/h6-8,12,17,19H,9H2,1-5H3/t12-,17-/m1/s1. The van der Waals surface area contributed by atoms with Crippen LogP contribution >= 0.6 is 0 Å². The molecule has 1 N–H and O–H groups in total. The highest BCUT2D eigenvalue weighted by molar-refractivity contribution is 6.01. The third-order valence-corrected chi connectivity index (χ3v) is 5.20. The predicted octanol–water partition coefficient (Wildman–Crippen LogP) is 3.63. The van der Waals surface area contributed by atoms with Gasteiger partial charge in [0.15, 0.2) is 5.78 Å². The highest BCUT2D eigenvalue weighted by Gasteiger charge is 2.65. The topological polar surface area (TPSA) is 47.6 Å². The highest BCUT2D eigenvalue weighted by Crippen LogP contribution is 2.68. The molecule has 2 aliphatic rings. The molecule has 0 saturated heterocycles. The van der Waals surface area contributed by atoms with Crippen molar-refractivity contribution in [3.05, 3.63) is 29.5 Å². The third kappa shape index (κ3) is 2.18. The lowest BCUT2D eigenvalue weighted by molar-refractivity contribution is -0.115. The third-order valence-electron chi connectivity index (χ3n) is 5.20. The first-order valence-electron chi connectivity index (χ1n) is 7.63. The van der Waals surface area contributed by atoms with E-state index in [1.807, 2.05) is 25.1 Å². The number of hydrogen-bond donors (Lipinski definition) is 1. The van der Waals surface area contributed by atoms with Crippen molar-refractivity contribution in [2.45, 2.75) is 27.2 Å². The van der Waals surface area contributed by atoms with Crippen molar-refractivity contribution in [3.8, 4) is 11.5 Å². The minimum atomic E-state index is 0.255. The molecule has 0 aromatic heterocycles. The van der Waals surface area contributed by atoms with E-state index in [0.717, 1.165) is 28.5 Å². The van der Waals surface area contributed by atoms with Crippen molar-refractivity contribution in [1.82, 2.24) is 0 Å². The fourth-order valence-electron chi connectivity index (χ4n) is 3.80. The second-order valence-electron chi connectivity index (χ2n) is 6.76. The van der Waals surface area contributed by atoms with Crippen molar-refractivity contribution in [1.29, 1.82) is 0 Å². The van der Waals surface area contributed by atoms with Gasteiger partial charge >= 0.3 is 0 Å². The van der Waals surface area contributed by atoms with Gasteiger partial charge in [-0.2, -0.15) is 0 Å². The van der Waals surface area contributed by atoms with Crippen LogP contribution in [0.5, 0.6) is 11.5 Å². The second-order valence-corrected chi connectivity index (χ2v) is 6.76. The maximum atomic E-state index is 12.3. The Kier molecular flexibility index (Phi) is 3.42. The smallest absolute Gasteiger partial charge is 0.161 e. The molecule has 118 valence electrons. The van der Waals surface area contributed by atoms with Crippen LogP contribution in [0.1, 0.15) is 27.2 Å². The average Bonchev–Trinajstić information content (AvgIpc) is 2.84. The lowest BCUT2D eigenvalue weighted by atomic mass is 9.95. The van der Waals surface area contributed by atoms with E-state index in [-0.39, 0.29) is 11.2 Å². The summed E-state index contributed by atoms with van der Waals surface area (Å²) in [6, 6.07) is 5.60. The zero-order valence-corrected chi connectivity index (χ0v) is 13.8. The normalized spacial score (nSPS) is 27.2. The first-order valence-corrected chi connectivity index (χ1v) is 7.63. The Morgan fingerprint density at radius 3 is 2.59 bits per heavy atom. The number of carbonyl (C=O) groups is 1. The predicted molar refractivity (Wildman–Crippen MR) is 86.3 cm³/mol. The maximum Gasteiger partial charge on any atom is 0.161 e. The molecule has 3 rings (SSSR count). The summed E-state index contributed by atoms with van der Waals surface area (Å²) in [5.74, 6) is 2.67. The Balaban J connectivity index is 1.93. The summed E-state index contributed by atoms with van der Waals surface area (Å²) in [6.07, 6.45) is 0.682. The number of nitrogens with one attached hydrogen (secondary N) is 1. The summed E-state index contributed by atoms with van der Waals surface area (Å²) in [6.45, 7) is 6.46. The summed E-state index contributed by atoms with van der Waals surface area (Å²) in [4.78, 5) is 12.3. The van der Waals surface area contributed by atoms with Crippen LogP contribution in [0.25, 0.3) is 0 Å². The van der Waals surface area contributed by atoms with E-state index in [1.165, 1.54) is 0 Å². The molecule has 0 amide bonds. The van der Waals surface area contributed by atoms with E-state index in [0.29, 0.717) is 18.3 Å². The Hall–Kier alpha value is -1.97. The largest absolute Gasteiger partial charge is 0.497 e. The fourth-order valence-corrected chi connectivity index (χ4v) is 3.80. The van der Waals surface area contributed by atoms with Gasteiger partial charge in [-0.1, -0.05) is 13.8 Å². The molecule has 0 spiro atoms. The van der Waals surface area contributed by atoms with Crippen LogP contribution in [-0.2, 0) is 4.79 Å². The van der Waals surface area contributed by atoms with Crippen LogP contribution in [0, 0.1) is 17.3 Å². The average molecular weight is 301 g/mol. The number of hydrogen-bond acceptors (Lipinski definition) is 4. The van der Waals surface area contributed by atoms with Crippen molar-refractivity contribution in [2.24, 2.45) is 17.3 Å². The van der Waals surface area contributed by atoms with Crippen molar-refractivity contribution >= 4 is 11.5 Å². The number of allylic oxidation sites excluding steroid dienone is 2. The molecule has 2 atom stereocenters. The molecule has 2 fully saturated rings. The minimum Gasteiger partial charge on any atom is -0.497 e. The highest BCUT2D eigenvalue weighted by atomic mass is 16.5. The lowest BCUT2D eigenvalue weighted by Gasteiger charge is -2.17. The van der Waals surface area contributed by atoms with Crippen molar-refractivity contribution < 1.29 is 14.3 Å². The molecular weight excluding hydrogens is 278 g/mol. The zero-order valence-electron chi connectivity index (χ0n) is 13.8. The molecule has 0 aliphatic heterocycles. The molecule has 1 aromatic carbocycles. The van der Waals surface area contributed by atoms with Crippen molar-refractivity contribution in [3.63, 3.8) is 0 Å². The summed E-state index contributed by atoms with van der Waals surface area (Å²) in [5.41, 5.74) is 2.96. The first-order chi connectivity index (χ1) is 10.4. The van der Waals surface area contributed by atoms with E-state index >= 15 is 0 Å². The van der Waals surface area contributed by atoms with E-state index in [4.69, 9.17) is 9.47 Å². The number of Topliss-reactive ketones (excluding diaryl/α,β-unsaturated/α-hetero) is 1. The molecule has 0 bridgehead atoms. The van der Waals surface area contributed by atoms with E-state index in [1.54, 1.807) is 14.2 Å². The first kappa shape index (κ1) is 14.9. The van der Waals surface area contributed by atoms with Gasteiger partial charge in [0.1, 0.15) is 11.5 Å². The van der Waals surface area contributed by atoms with Crippen LogP contribution in [0.2, 0.25) is 0 Å². The van der Waals surface area contributed by atoms with E-state index in [9.17, 15) is 4.79 Å². The molecule has 0 radical (unpaired) electrons. The Bertz CT molecular complexity index is 660. The number of carbonyl (C=O) groups excluding carboxylic acids is 1. The van der Waals surface area contributed by atoms with E-state index in [2.05, 4.69) is 19.2 Å². The van der Waals surface area contributed by atoms with Crippen LogP contribution in [0.4, 0.5) is 5.69 Å². The number of anilines is 1. The number of ether oxygens (including phenoxy) is 2. The van der Waals surface area contributed by atoms with Gasteiger partial charge in [0.05, 0.1) is 19.9 Å². The maximum absolute atomic E-state index is 12.3. The summed E-state index contributed by atoms with van der Waals surface area (Å²) < 4.78 is 10.7. The number of ketones is 1. The summed E-state index contributed by atoms with van der Waals surface area (Å²) in [7, 11) is 3.27. The zero-order chi connectivity index (χ0) is 16.1. The van der Waals surface area contributed by atoms with Gasteiger partial charge in [0.2, 0.25) is 0 Å². The van der Waals surface area contributed by atoms with Gasteiger partial charge in [-0.25, -0.2) is 0 Å². The lowest BCUT2D eigenvalue weighted by Crippen LogP contribution is -2.12. The van der Waals surface area contributed by atoms with E-state index < -0.39 is 0 Å². The van der Waals surface area contributed by atoms with Gasteiger partial charge in [0.25, 0.3) is 0 Å².